The van der Waals surface area contributed by atoms with E-state index in [2.05, 4.69) is 45.2 Å². The number of terminal acetylenes is 1. The molecule has 128 valence electrons. The Bertz CT molecular complexity index is 996. The van der Waals surface area contributed by atoms with Crippen molar-refractivity contribution >= 4 is 17.0 Å². The summed E-state index contributed by atoms with van der Waals surface area (Å²) >= 11 is 0. The average Bonchev–Trinajstić information content (AvgIpc) is 2.99. The molecule has 0 saturated heterocycles. The van der Waals surface area contributed by atoms with Gasteiger partial charge < -0.3 is 14.9 Å². The highest BCUT2D eigenvalue weighted by Crippen LogP contribution is 2.27. The van der Waals surface area contributed by atoms with E-state index in [1.165, 1.54) is 6.07 Å². The van der Waals surface area contributed by atoms with Crippen molar-refractivity contribution in [1.29, 1.82) is 0 Å². The fourth-order valence-electron chi connectivity index (χ4n) is 2.54. The van der Waals surface area contributed by atoms with Gasteiger partial charge in [0.25, 0.3) is 0 Å². The summed E-state index contributed by atoms with van der Waals surface area (Å²) in [6, 6.07) is 3.51. The Balaban J connectivity index is 2.03. The lowest BCUT2D eigenvalue weighted by Crippen LogP contribution is -2.21. The SMILES string of the molecule is C#C/N=c1/c(F)cc(-c2c[nH]c3nc(NCC(C)C)ncc23)cn1C. The van der Waals surface area contributed by atoms with Crippen molar-refractivity contribution in [3.63, 3.8) is 0 Å². The van der Waals surface area contributed by atoms with Crippen LogP contribution in [0.5, 0.6) is 0 Å². The van der Waals surface area contributed by atoms with Crippen LogP contribution in [0.4, 0.5) is 10.3 Å². The Labute approximate surface area is 144 Å². The van der Waals surface area contributed by atoms with Gasteiger partial charge in [-0.15, -0.1) is 0 Å². The Kier molecular flexibility index (Phi) is 4.52. The largest absolute Gasteiger partial charge is 0.354 e. The molecule has 0 unspecified atom stereocenters. The monoisotopic (exact) mass is 338 g/mol. The molecule has 0 amide bonds. The molecule has 3 heterocycles. The number of H-pyrrole nitrogens is 1. The molecular weight excluding hydrogens is 319 g/mol. The van der Waals surface area contributed by atoms with Crippen LogP contribution in [0.25, 0.3) is 22.2 Å². The summed E-state index contributed by atoms with van der Waals surface area (Å²) in [7, 11) is 1.70. The van der Waals surface area contributed by atoms with Gasteiger partial charge in [0.15, 0.2) is 11.3 Å². The normalized spacial score (nSPS) is 11.9. The first-order valence-electron chi connectivity index (χ1n) is 7.93. The molecule has 7 heteroatoms. The van der Waals surface area contributed by atoms with Crippen LogP contribution in [0.3, 0.4) is 0 Å². The zero-order valence-corrected chi connectivity index (χ0v) is 14.3. The third-order valence-corrected chi connectivity index (χ3v) is 3.74. The number of rotatable bonds is 4. The second-order valence-corrected chi connectivity index (χ2v) is 6.19. The van der Waals surface area contributed by atoms with Crippen molar-refractivity contribution in [2.75, 3.05) is 11.9 Å². The van der Waals surface area contributed by atoms with E-state index in [1.807, 2.05) is 0 Å². The van der Waals surface area contributed by atoms with Crippen LogP contribution in [0.2, 0.25) is 0 Å². The van der Waals surface area contributed by atoms with Gasteiger partial charge >= 0.3 is 0 Å². The van der Waals surface area contributed by atoms with Crippen molar-refractivity contribution in [1.82, 2.24) is 19.5 Å². The molecular formula is C18H19FN6. The topological polar surface area (TPSA) is 70.9 Å². The molecule has 0 spiro atoms. The van der Waals surface area contributed by atoms with Gasteiger partial charge in [-0.25, -0.2) is 9.37 Å². The van der Waals surface area contributed by atoms with Crippen molar-refractivity contribution in [3.05, 3.63) is 36.0 Å². The highest BCUT2D eigenvalue weighted by Gasteiger charge is 2.11. The van der Waals surface area contributed by atoms with Crippen molar-refractivity contribution in [2.24, 2.45) is 18.0 Å². The van der Waals surface area contributed by atoms with Gasteiger partial charge in [0.05, 0.1) is 0 Å². The average molecular weight is 338 g/mol. The second kappa shape index (κ2) is 6.77. The number of hydrogen-bond acceptors (Lipinski definition) is 4. The summed E-state index contributed by atoms with van der Waals surface area (Å²) in [4.78, 5) is 15.6. The maximum atomic E-state index is 14.3. The molecule has 2 N–H and O–H groups in total. The van der Waals surface area contributed by atoms with E-state index in [0.717, 1.165) is 17.5 Å². The lowest BCUT2D eigenvalue weighted by Gasteiger charge is -2.07. The van der Waals surface area contributed by atoms with Crippen LogP contribution >= 0.6 is 0 Å². The van der Waals surface area contributed by atoms with E-state index in [1.54, 1.807) is 30.2 Å². The van der Waals surface area contributed by atoms with Gasteiger partial charge in [-0.05, 0) is 12.0 Å². The molecule has 0 aromatic carbocycles. The van der Waals surface area contributed by atoms with Gasteiger partial charge in [0, 0.05) is 54.7 Å². The first kappa shape index (κ1) is 16.7. The van der Waals surface area contributed by atoms with Crippen LogP contribution in [0.15, 0.2) is 29.6 Å². The standard InChI is InChI=1S/C18H19FN6/c1-5-20-17-15(19)6-12(10-25(17)4)13-8-21-16-14(13)9-23-18(24-16)22-7-11(2)3/h1,6,8-11H,7H2,2-4H3,(H2,21,22,23,24)/b20-17-. The molecule has 0 saturated carbocycles. The van der Waals surface area contributed by atoms with E-state index in [-0.39, 0.29) is 5.49 Å². The summed E-state index contributed by atoms with van der Waals surface area (Å²) in [5, 5.41) is 4.00. The van der Waals surface area contributed by atoms with E-state index >= 15 is 0 Å². The number of halogens is 1. The molecule has 0 fully saturated rings. The van der Waals surface area contributed by atoms with Crippen LogP contribution < -0.4 is 10.8 Å². The summed E-state index contributed by atoms with van der Waals surface area (Å²) in [6.07, 6.45) is 10.4. The van der Waals surface area contributed by atoms with Gasteiger partial charge in [-0.1, -0.05) is 20.3 Å². The highest BCUT2D eigenvalue weighted by molar-refractivity contribution is 5.93. The molecule has 0 aliphatic rings. The predicted octanol–water partition coefficient (Wildman–Crippen LogP) is 2.66. The molecule has 0 aliphatic carbocycles. The van der Waals surface area contributed by atoms with E-state index in [0.29, 0.717) is 23.1 Å². The van der Waals surface area contributed by atoms with Gasteiger partial charge in [-0.3, -0.25) is 0 Å². The molecule has 6 nitrogen and oxygen atoms in total. The van der Waals surface area contributed by atoms with Gasteiger partial charge in [0.1, 0.15) is 5.65 Å². The molecule has 3 aromatic rings. The first-order valence-corrected chi connectivity index (χ1v) is 7.93. The smallest absolute Gasteiger partial charge is 0.224 e. The molecule has 0 radical (unpaired) electrons. The van der Waals surface area contributed by atoms with Crippen molar-refractivity contribution in [2.45, 2.75) is 13.8 Å². The number of aromatic nitrogens is 4. The number of anilines is 1. The number of hydrogen-bond donors (Lipinski definition) is 2. The lowest BCUT2D eigenvalue weighted by molar-refractivity contribution is 0.584. The minimum absolute atomic E-state index is 0.113. The Morgan fingerprint density at radius 2 is 2.28 bits per heavy atom. The number of nitrogens with one attached hydrogen (secondary N) is 2. The summed E-state index contributed by atoms with van der Waals surface area (Å²) in [5.74, 6) is 0.575. The second-order valence-electron chi connectivity index (χ2n) is 6.19. The minimum Gasteiger partial charge on any atom is -0.354 e. The third kappa shape index (κ3) is 3.38. The quantitative estimate of drug-likeness (QED) is 0.719. The fraction of sp³-hybridized carbons (Fsp3) is 0.278. The molecule has 3 aromatic heterocycles. The third-order valence-electron chi connectivity index (χ3n) is 3.74. The Hall–Kier alpha value is -3.14. The predicted molar refractivity (Wildman–Crippen MR) is 96.0 cm³/mol. The molecule has 0 atom stereocenters. The van der Waals surface area contributed by atoms with Crippen molar-refractivity contribution < 1.29 is 4.39 Å². The number of pyridine rings is 1. The Morgan fingerprint density at radius 3 is 2.96 bits per heavy atom. The van der Waals surface area contributed by atoms with Gasteiger partial charge in [0.2, 0.25) is 5.95 Å². The fourth-order valence-corrected chi connectivity index (χ4v) is 2.54. The van der Waals surface area contributed by atoms with Crippen molar-refractivity contribution in [3.8, 4) is 23.6 Å². The molecule has 25 heavy (non-hydrogen) atoms. The van der Waals surface area contributed by atoms with Gasteiger partial charge in [-0.2, -0.15) is 9.98 Å². The van der Waals surface area contributed by atoms with Crippen LogP contribution in [-0.2, 0) is 7.05 Å². The Morgan fingerprint density at radius 1 is 1.48 bits per heavy atom. The number of aryl methyl sites for hydroxylation is 1. The summed E-state index contributed by atoms with van der Waals surface area (Å²) < 4.78 is 15.8. The maximum absolute atomic E-state index is 14.3. The summed E-state index contributed by atoms with van der Waals surface area (Å²) in [5.41, 5.74) is 2.31. The van der Waals surface area contributed by atoms with Crippen LogP contribution in [0, 0.1) is 24.2 Å². The minimum atomic E-state index is -0.483. The lowest BCUT2D eigenvalue weighted by atomic mass is 10.1. The zero-order chi connectivity index (χ0) is 18.0. The molecule has 3 rings (SSSR count). The number of fused-ring (bicyclic) bond motifs is 1. The maximum Gasteiger partial charge on any atom is 0.224 e. The first-order chi connectivity index (χ1) is 12.0. The highest BCUT2D eigenvalue weighted by atomic mass is 19.1. The molecule has 0 aliphatic heterocycles. The zero-order valence-electron chi connectivity index (χ0n) is 14.3. The number of nitrogens with zero attached hydrogens (tertiary/aromatic N) is 4. The van der Waals surface area contributed by atoms with E-state index < -0.39 is 5.82 Å². The number of aromatic amines is 1. The van der Waals surface area contributed by atoms with E-state index in [4.69, 9.17) is 6.42 Å². The molecule has 0 bridgehead atoms. The van der Waals surface area contributed by atoms with Crippen LogP contribution in [0.1, 0.15) is 13.8 Å². The van der Waals surface area contributed by atoms with E-state index in [9.17, 15) is 4.39 Å². The van der Waals surface area contributed by atoms with Crippen LogP contribution in [-0.4, -0.2) is 26.1 Å². The summed E-state index contributed by atoms with van der Waals surface area (Å²) in [6.45, 7) is 5.02.